The minimum atomic E-state index is -3.58. The number of carbonyl (C=O) groups is 1. The minimum Gasteiger partial charge on any atom is -0.314 e. The van der Waals surface area contributed by atoms with Gasteiger partial charge in [-0.3, -0.25) is 9.10 Å². The molecule has 6 heteroatoms. The van der Waals surface area contributed by atoms with Gasteiger partial charge in [-0.25, -0.2) is 8.42 Å². The number of benzene rings is 2. The summed E-state index contributed by atoms with van der Waals surface area (Å²) in [5.41, 5.74) is 4.18. The molecule has 0 unspecified atom stereocenters. The number of para-hydroxylation sites is 1. The lowest BCUT2D eigenvalue weighted by atomic mass is 10.1. The highest BCUT2D eigenvalue weighted by atomic mass is 32.2. The summed E-state index contributed by atoms with van der Waals surface area (Å²) in [4.78, 5) is 14.3. The molecule has 25 heavy (non-hydrogen) atoms. The molecule has 2 rings (SSSR count). The molecule has 0 saturated heterocycles. The smallest absolute Gasteiger partial charge is 0.247 e. The normalized spacial score (nSPS) is 11.2. The van der Waals surface area contributed by atoms with Crippen molar-refractivity contribution in [3.8, 4) is 0 Å². The van der Waals surface area contributed by atoms with Crippen LogP contribution in [0, 0.1) is 20.8 Å². The largest absolute Gasteiger partial charge is 0.314 e. The first-order chi connectivity index (χ1) is 11.6. The van der Waals surface area contributed by atoms with E-state index in [0.29, 0.717) is 5.69 Å². The number of rotatable bonds is 5. The van der Waals surface area contributed by atoms with Crippen molar-refractivity contribution in [3.63, 3.8) is 0 Å². The van der Waals surface area contributed by atoms with Crippen LogP contribution in [0.15, 0.2) is 42.5 Å². The van der Waals surface area contributed by atoms with Crippen molar-refractivity contribution in [2.45, 2.75) is 20.8 Å². The Bertz CT molecular complexity index is 891. The fourth-order valence-electron chi connectivity index (χ4n) is 2.69. The Morgan fingerprint density at radius 1 is 0.920 bits per heavy atom. The standard InChI is InChI=1S/C19H24N2O3S/c1-14-10-8-12-18(16(14)3)20(4)19(22)13-21(25(5,23)24)17-11-7-6-9-15(17)2/h6-12H,13H2,1-5H3. The maximum atomic E-state index is 12.8. The molecule has 0 aromatic heterocycles. The van der Waals surface area contributed by atoms with Gasteiger partial charge >= 0.3 is 0 Å². The van der Waals surface area contributed by atoms with Crippen LogP contribution in [0.1, 0.15) is 16.7 Å². The average molecular weight is 360 g/mol. The van der Waals surface area contributed by atoms with Crippen LogP contribution >= 0.6 is 0 Å². The molecule has 134 valence electrons. The second kappa shape index (κ2) is 7.27. The first kappa shape index (κ1) is 19.0. The average Bonchev–Trinajstić information content (AvgIpc) is 2.54. The van der Waals surface area contributed by atoms with E-state index in [1.54, 1.807) is 19.2 Å². The minimum absolute atomic E-state index is 0.242. The van der Waals surface area contributed by atoms with Crippen LogP contribution in [0.4, 0.5) is 11.4 Å². The molecule has 0 aliphatic heterocycles. The van der Waals surface area contributed by atoms with E-state index in [1.165, 1.54) is 4.90 Å². The Morgan fingerprint density at radius 3 is 2.08 bits per heavy atom. The second-order valence-electron chi connectivity index (χ2n) is 6.23. The predicted octanol–water partition coefficient (Wildman–Crippen LogP) is 3.04. The summed E-state index contributed by atoms with van der Waals surface area (Å²) in [5.74, 6) is -0.289. The maximum absolute atomic E-state index is 12.8. The van der Waals surface area contributed by atoms with Gasteiger partial charge in [0.1, 0.15) is 6.54 Å². The molecule has 5 nitrogen and oxygen atoms in total. The lowest BCUT2D eigenvalue weighted by Gasteiger charge is -2.27. The number of amides is 1. The van der Waals surface area contributed by atoms with Crippen LogP contribution in [-0.4, -0.2) is 34.2 Å². The molecule has 2 aromatic rings. The van der Waals surface area contributed by atoms with E-state index in [9.17, 15) is 13.2 Å². The van der Waals surface area contributed by atoms with E-state index in [-0.39, 0.29) is 12.5 Å². The van der Waals surface area contributed by atoms with Gasteiger partial charge in [0.15, 0.2) is 0 Å². The van der Waals surface area contributed by atoms with Gasteiger partial charge in [-0.05, 0) is 49.6 Å². The zero-order chi connectivity index (χ0) is 18.8. The van der Waals surface area contributed by atoms with Crippen molar-refractivity contribution in [2.24, 2.45) is 0 Å². The third kappa shape index (κ3) is 4.20. The molecule has 0 heterocycles. The molecule has 0 bridgehead atoms. The molecule has 0 N–H and O–H groups in total. The van der Waals surface area contributed by atoms with E-state index < -0.39 is 10.0 Å². The van der Waals surface area contributed by atoms with Gasteiger partial charge in [-0.1, -0.05) is 30.3 Å². The Kier molecular flexibility index (Phi) is 5.52. The topological polar surface area (TPSA) is 57.7 Å². The fraction of sp³-hybridized carbons (Fsp3) is 0.316. The van der Waals surface area contributed by atoms with Gasteiger partial charge in [0, 0.05) is 12.7 Å². The van der Waals surface area contributed by atoms with Crippen LogP contribution in [0.25, 0.3) is 0 Å². The quantitative estimate of drug-likeness (QED) is 0.823. The molecule has 0 atom stereocenters. The number of carbonyl (C=O) groups excluding carboxylic acids is 1. The Labute approximate surface area is 149 Å². The van der Waals surface area contributed by atoms with Gasteiger partial charge < -0.3 is 4.90 Å². The summed E-state index contributed by atoms with van der Waals surface area (Å²) in [6.07, 6.45) is 1.12. The highest BCUT2D eigenvalue weighted by Crippen LogP contribution is 2.24. The lowest BCUT2D eigenvalue weighted by molar-refractivity contribution is -0.116. The summed E-state index contributed by atoms with van der Waals surface area (Å²) in [5, 5.41) is 0. The highest BCUT2D eigenvalue weighted by Gasteiger charge is 2.24. The molecule has 1 amide bonds. The Balaban J connectivity index is 2.35. The highest BCUT2D eigenvalue weighted by molar-refractivity contribution is 7.92. The molecule has 0 aliphatic rings. The van der Waals surface area contributed by atoms with Crippen LogP contribution in [0.2, 0.25) is 0 Å². The van der Waals surface area contributed by atoms with Crippen molar-refractivity contribution in [1.82, 2.24) is 0 Å². The molecule has 0 radical (unpaired) electrons. The van der Waals surface area contributed by atoms with Crippen molar-refractivity contribution >= 4 is 27.3 Å². The summed E-state index contributed by atoms with van der Waals surface area (Å²) < 4.78 is 25.7. The van der Waals surface area contributed by atoms with Crippen molar-refractivity contribution in [3.05, 3.63) is 59.2 Å². The fourth-order valence-corrected chi connectivity index (χ4v) is 3.59. The van der Waals surface area contributed by atoms with E-state index in [0.717, 1.165) is 32.9 Å². The molecular formula is C19H24N2O3S. The second-order valence-corrected chi connectivity index (χ2v) is 8.13. The van der Waals surface area contributed by atoms with E-state index in [1.807, 2.05) is 51.1 Å². The number of sulfonamides is 1. The maximum Gasteiger partial charge on any atom is 0.247 e. The zero-order valence-electron chi connectivity index (χ0n) is 15.3. The van der Waals surface area contributed by atoms with Crippen LogP contribution in [0.3, 0.4) is 0 Å². The summed E-state index contributed by atoms with van der Waals surface area (Å²) in [6, 6.07) is 12.9. The molecule has 2 aromatic carbocycles. The van der Waals surface area contributed by atoms with Gasteiger partial charge in [0.05, 0.1) is 11.9 Å². The molecule has 0 fully saturated rings. The number of aryl methyl sites for hydroxylation is 2. The SMILES string of the molecule is Cc1ccccc1N(CC(=O)N(C)c1cccc(C)c1C)S(C)(=O)=O. The molecular weight excluding hydrogens is 336 g/mol. The van der Waals surface area contributed by atoms with E-state index >= 15 is 0 Å². The third-order valence-electron chi connectivity index (χ3n) is 4.37. The predicted molar refractivity (Wildman–Crippen MR) is 103 cm³/mol. The zero-order valence-corrected chi connectivity index (χ0v) is 16.1. The number of hydrogen-bond acceptors (Lipinski definition) is 3. The first-order valence-electron chi connectivity index (χ1n) is 7.99. The van der Waals surface area contributed by atoms with Crippen LogP contribution < -0.4 is 9.21 Å². The lowest BCUT2D eigenvalue weighted by Crippen LogP contribution is -2.41. The van der Waals surface area contributed by atoms with Gasteiger partial charge in [0.2, 0.25) is 15.9 Å². The summed E-state index contributed by atoms with van der Waals surface area (Å²) in [7, 11) is -1.91. The molecule has 0 aliphatic carbocycles. The Hall–Kier alpha value is -2.34. The van der Waals surface area contributed by atoms with Crippen molar-refractivity contribution in [1.29, 1.82) is 0 Å². The van der Waals surface area contributed by atoms with Gasteiger partial charge in [0.25, 0.3) is 0 Å². The van der Waals surface area contributed by atoms with Crippen molar-refractivity contribution in [2.75, 3.05) is 29.1 Å². The van der Waals surface area contributed by atoms with E-state index in [2.05, 4.69) is 0 Å². The number of nitrogens with zero attached hydrogens (tertiary/aromatic N) is 2. The number of hydrogen-bond donors (Lipinski definition) is 0. The Morgan fingerprint density at radius 2 is 1.48 bits per heavy atom. The number of anilines is 2. The van der Waals surface area contributed by atoms with Gasteiger partial charge in [-0.2, -0.15) is 0 Å². The number of likely N-dealkylation sites (N-methyl/N-ethyl adjacent to an activating group) is 1. The van der Waals surface area contributed by atoms with Crippen molar-refractivity contribution < 1.29 is 13.2 Å². The molecule has 0 spiro atoms. The summed E-state index contributed by atoms with van der Waals surface area (Å²) >= 11 is 0. The third-order valence-corrected chi connectivity index (χ3v) is 5.50. The first-order valence-corrected chi connectivity index (χ1v) is 9.84. The summed E-state index contributed by atoms with van der Waals surface area (Å²) in [6.45, 7) is 5.51. The monoisotopic (exact) mass is 360 g/mol. The van der Waals surface area contributed by atoms with Crippen LogP contribution in [0.5, 0.6) is 0 Å². The van der Waals surface area contributed by atoms with Gasteiger partial charge in [-0.15, -0.1) is 0 Å². The van der Waals surface area contributed by atoms with Crippen LogP contribution in [-0.2, 0) is 14.8 Å². The van der Waals surface area contributed by atoms with E-state index in [4.69, 9.17) is 0 Å². The molecule has 0 saturated carbocycles.